The Morgan fingerprint density at radius 1 is 1.35 bits per heavy atom. The van der Waals surface area contributed by atoms with E-state index in [2.05, 4.69) is 15.6 Å². The van der Waals surface area contributed by atoms with Gasteiger partial charge in [-0.3, -0.25) is 14.5 Å². The molecule has 1 aromatic carbocycles. The van der Waals surface area contributed by atoms with Crippen molar-refractivity contribution in [2.24, 2.45) is 5.73 Å². The highest BCUT2D eigenvalue weighted by Crippen LogP contribution is 2.16. The van der Waals surface area contributed by atoms with E-state index in [1.54, 1.807) is 35.1 Å². The van der Waals surface area contributed by atoms with E-state index in [9.17, 15) is 14.4 Å². The van der Waals surface area contributed by atoms with Gasteiger partial charge in [-0.05, 0) is 31.5 Å². The minimum absolute atomic E-state index is 0.0704. The van der Waals surface area contributed by atoms with E-state index < -0.39 is 18.0 Å². The third-order valence-corrected chi connectivity index (χ3v) is 4.16. The molecular formula is C17H20N6O3. The summed E-state index contributed by atoms with van der Waals surface area (Å²) in [7, 11) is 0. The molecule has 3 rings (SSSR count). The summed E-state index contributed by atoms with van der Waals surface area (Å²) in [5, 5.41) is 10.7. The number of primary amides is 1. The first kappa shape index (κ1) is 17.6. The predicted molar refractivity (Wildman–Crippen MR) is 91.9 cm³/mol. The third kappa shape index (κ3) is 3.56. The van der Waals surface area contributed by atoms with Crippen LogP contribution in [-0.4, -0.2) is 43.8 Å². The van der Waals surface area contributed by atoms with Crippen molar-refractivity contribution in [1.29, 1.82) is 0 Å². The van der Waals surface area contributed by atoms with Crippen molar-refractivity contribution in [3.63, 3.8) is 0 Å². The molecule has 1 aliphatic heterocycles. The number of urea groups is 1. The van der Waals surface area contributed by atoms with E-state index in [-0.39, 0.29) is 24.9 Å². The molecule has 3 N–H and O–H groups in total. The van der Waals surface area contributed by atoms with E-state index in [0.29, 0.717) is 16.8 Å². The SMILES string of the molecule is CC(C)n1cc(CC2NC(=O)N(Cc3cccc(C(N)=O)c3)C2=O)nn1. The number of nitrogens with zero attached hydrogens (tertiary/aromatic N) is 4. The van der Waals surface area contributed by atoms with Crippen LogP contribution in [0.2, 0.25) is 0 Å². The fourth-order valence-electron chi connectivity index (χ4n) is 2.74. The lowest BCUT2D eigenvalue weighted by Crippen LogP contribution is -2.32. The van der Waals surface area contributed by atoms with E-state index >= 15 is 0 Å². The van der Waals surface area contributed by atoms with Gasteiger partial charge < -0.3 is 11.1 Å². The lowest BCUT2D eigenvalue weighted by atomic mass is 10.1. The van der Waals surface area contributed by atoms with Crippen LogP contribution in [0.3, 0.4) is 0 Å². The number of nitrogens with one attached hydrogen (secondary N) is 1. The molecule has 1 atom stereocenters. The van der Waals surface area contributed by atoms with Crippen LogP contribution in [0.4, 0.5) is 4.79 Å². The molecule has 1 aliphatic rings. The zero-order valence-electron chi connectivity index (χ0n) is 14.5. The molecule has 9 nitrogen and oxygen atoms in total. The fourth-order valence-corrected chi connectivity index (χ4v) is 2.74. The van der Waals surface area contributed by atoms with Crippen molar-refractivity contribution in [2.45, 2.75) is 38.9 Å². The van der Waals surface area contributed by atoms with Gasteiger partial charge >= 0.3 is 6.03 Å². The Hall–Kier alpha value is -3.23. The van der Waals surface area contributed by atoms with Gasteiger partial charge in [-0.2, -0.15) is 0 Å². The monoisotopic (exact) mass is 356 g/mol. The predicted octanol–water partition coefficient (Wildman–Crippen LogP) is 0.621. The Labute approximate surface area is 150 Å². The molecule has 1 aromatic heterocycles. The largest absolute Gasteiger partial charge is 0.366 e. The van der Waals surface area contributed by atoms with Crippen LogP contribution in [-0.2, 0) is 17.8 Å². The second kappa shape index (κ2) is 6.95. The second-order valence-electron chi connectivity index (χ2n) is 6.48. The van der Waals surface area contributed by atoms with E-state index in [0.717, 1.165) is 4.90 Å². The van der Waals surface area contributed by atoms with Crippen molar-refractivity contribution >= 4 is 17.8 Å². The smallest absolute Gasteiger partial charge is 0.325 e. The lowest BCUT2D eigenvalue weighted by molar-refractivity contribution is -0.127. The molecule has 9 heteroatoms. The average molecular weight is 356 g/mol. The van der Waals surface area contributed by atoms with Crippen LogP contribution in [0.1, 0.15) is 41.5 Å². The van der Waals surface area contributed by atoms with Crippen LogP contribution in [0.25, 0.3) is 0 Å². The van der Waals surface area contributed by atoms with Crippen molar-refractivity contribution in [2.75, 3.05) is 0 Å². The van der Waals surface area contributed by atoms with Gasteiger partial charge in [0.1, 0.15) is 6.04 Å². The zero-order valence-corrected chi connectivity index (χ0v) is 14.5. The average Bonchev–Trinajstić information content (AvgIpc) is 3.16. The molecule has 4 amide bonds. The number of nitrogens with two attached hydrogens (primary N) is 1. The normalized spacial score (nSPS) is 17.0. The number of amides is 4. The van der Waals surface area contributed by atoms with Crippen LogP contribution in [0.15, 0.2) is 30.5 Å². The summed E-state index contributed by atoms with van der Waals surface area (Å²) in [6.45, 7) is 4.02. The van der Waals surface area contributed by atoms with Gasteiger partial charge in [-0.25, -0.2) is 9.48 Å². The van der Waals surface area contributed by atoms with Crippen molar-refractivity contribution < 1.29 is 14.4 Å². The molecular weight excluding hydrogens is 336 g/mol. The van der Waals surface area contributed by atoms with Gasteiger partial charge in [-0.15, -0.1) is 5.10 Å². The molecule has 1 fully saturated rings. The Bertz CT molecular complexity index is 860. The molecule has 136 valence electrons. The fraction of sp³-hybridized carbons (Fsp3) is 0.353. The number of carbonyl (C=O) groups is 3. The van der Waals surface area contributed by atoms with Crippen molar-refractivity contribution in [3.05, 3.63) is 47.3 Å². The molecule has 0 spiro atoms. The molecule has 0 radical (unpaired) electrons. The topological polar surface area (TPSA) is 123 Å². The molecule has 2 aromatic rings. The number of carbonyl (C=O) groups excluding carboxylic acids is 3. The number of aromatic nitrogens is 3. The Balaban J connectivity index is 1.70. The highest BCUT2D eigenvalue weighted by Gasteiger charge is 2.38. The Kier molecular flexibility index (Phi) is 4.70. The quantitative estimate of drug-likeness (QED) is 0.735. The van der Waals surface area contributed by atoms with Crippen LogP contribution < -0.4 is 11.1 Å². The highest BCUT2D eigenvalue weighted by atomic mass is 16.2. The summed E-state index contributed by atoms with van der Waals surface area (Å²) in [6.07, 6.45) is 2.04. The number of hydrogen-bond acceptors (Lipinski definition) is 5. The van der Waals surface area contributed by atoms with Crippen LogP contribution in [0.5, 0.6) is 0 Å². The minimum Gasteiger partial charge on any atom is -0.366 e. The van der Waals surface area contributed by atoms with Crippen LogP contribution in [0, 0.1) is 0 Å². The van der Waals surface area contributed by atoms with E-state index in [1.807, 2.05) is 13.8 Å². The zero-order chi connectivity index (χ0) is 18.8. The van der Waals surface area contributed by atoms with Gasteiger partial charge in [0, 0.05) is 24.2 Å². The van der Waals surface area contributed by atoms with Gasteiger partial charge in [0.2, 0.25) is 5.91 Å². The molecule has 0 saturated carbocycles. The molecule has 1 saturated heterocycles. The molecule has 1 unspecified atom stereocenters. The highest BCUT2D eigenvalue weighted by molar-refractivity contribution is 6.04. The molecule has 0 aliphatic carbocycles. The standard InChI is InChI=1S/C17H20N6O3/c1-10(2)23-9-13(20-21-23)7-14-16(25)22(17(26)19-14)8-11-4-3-5-12(6-11)15(18)24/h3-6,9-10,14H,7-8H2,1-2H3,(H2,18,24)(H,19,26). The second-order valence-corrected chi connectivity index (χ2v) is 6.48. The van der Waals surface area contributed by atoms with E-state index in [4.69, 9.17) is 5.73 Å². The maximum absolute atomic E-state index is 12.6. The lowest BCUT2D eigenvalue weighted by Gasteiger charge is -2.13. The Morgan fingerprint density at radius 2 is 2.12 bits per heavy atom. The molecule has 2 heterocycles. The van der Waals surface area contributed by atoms with Crippen molar-refractivity contribution in [3.8, 4) is 0 Å². The Morgan fingerprint density at radius 3 is 2.77 bits per heavy atom. The van der Waals surface area contributed by atoms with Crippen LogP contribution >= 0.6 is 0 Å². The first-order chi connectivity index (χ1) is 12.3. The first-order valence-electron chi connectivity index (χ1n) is 8.26. The van der Waals surface area contributed by atoms with Gasteiger partial charge in [-0.1, -0.05) is 17.3 Å². The summed E-state index contributed by atoms with van der Waals surface area (Å²) in [6, 6.07) is 5.56. The molecule has 26 heavy (non-hydrogen) atoms. The number of hydrogen-bond donors (Lipinski definition) is 2. The molecule has 0 bridgehead atoms. The van der Waals surface area contributed by atoms with Gasteiger partial charge in [0.15, 0.2) is 0 Å². The number of imide groups is 1. The summed E-state index contributed by atoms with van der Waals surface area (Å²) in [5.74, 6) is -0.895. The summed E-state index contributed by atoms with van der Waals surface area (Å²) in [5.41, 5.74) is 6.88. The number of benzene rings is 1. The number of rotatable bonds is 6. The maximum Gasteiger partial charge on any atom is 0.325 e. The van der Waals surface area contributed by atoms with E-state index in [1.165, 1.54) is 0 Å². The minimum atomic E-state index is -0.681. The van der Waals surface area contributed by atoms with Gasteiger partial charge in [0.25, 0.3) is 5.91 Å². The summed E-state index contributed by atoms with van der Waals surface area (Å²) in [4.78, 5) is 37.2. The first-order valence-corrected chi connectivity index (χ1v) is 8.26. The maximum atomic E-state index is 12.6. The third-order valence-electron chi connectivity index (χ3n) is 4.16. The summed E-state index contributed by atoms with van der Waals surface area (Å²) >= 11 is 0. The van der Waals surface area contributed by atoms with Gasteiger partial charge in [0.05, 0.1) is 12.2 Å². The summed E-state index contributed by atoms with van der Waals surface area (Å²) < 4.78 is 1.70. The van der Waals surface area contributed by atoms with Crippen molar-refractivity contribution in [1.82, 2.24) is 25.2 Å².